The van der Waals surface area contributed by atoms with Gasteiger partial charge in [-0.2, -0.15) is 0 Å². The molecule has 1 aromatic heterocycles. The largest absolute Gasteiger partial charge is 0.495 e. The summed E-state index contributed by atoms with van der Waals surface area (Å²) in [6, 6.07) is 7.38. The molecule has 0 bridgehead atoms. The van der Waals surface area contributed by atoms with Crippen molar-refractivity contribution in [2.24, 2.45) is 0 Å². The third-order valence-electron chi connectivity index (χ3n) is 6.30. The lowest BCUT2D eigenvalue weighted by molar-refractivity contribution is -0.00745. The Labute approximate surface area is 183 Å². The molecule has 3 aromatic rings. The minimum atomic E-state index is -0.763. The van der Waals surface area contributed by atoms with E-state index in [1.54, 1.807) is 17.0 Å². The number of carbonyl (C=O) groups is 2. The maximum atomic E-state index is 13.5. The number of ether oxygens (including phenoxy) is 3. The summed E-state index contributed by atoms with van der Waals surface area (Å²) < 4.78 is 36.7. The Bertz CT molecular complexity index is 1220. The number of piperidine rings is 1. The number of Topliss-reactive ketones (excluding diaryl/α,β-unsaturated/α-hetero) is 1. The zero-order valence-electron chi connectivity index (χ0n) is 17.8. The molecule has 0 atom stereocenters. The Morgan fingerprint density at radius 1 is 1.12 bits per heavy atom. The number of furan rings is 1. The van der Waals surface area contributed by atoms with Gasteiger partial charge in [-0.1, -0.05) is 6.07 Å². The summed E-state index contributed by atoms with van der Waals surface area (Å²) in [5.41, 5.74) is 0.342. The standard InChI is InChI=1S/C24H22FNO6/c1-29-19-16-6-11-31-20(16)22(30-2)21-18(19)17(27)13-24(32-21)7-9-26(10-8-24)23(28)14-4-3-5-15(25)12-14/h3-6,11-12H,7-10,13H2,1-2H3. The predicted octanol–water partition coefficient (Wildman–Crippen LogP) is 4.23. The van der Waals surface area contributed by atoms with Crippen LogP contribution in [0.4, 0.5) is 4.39 Å². The van der Waals surface area contributed by atoms with Gasteiger partial charge in [0, 0.05) is 31.5 Å². The highest BCUT2D eigenvalue weighted by atomic mass is 19.1. The zero-order chi connectivity index (χ0) is 22.5. The summed E-state index contributed by atoms with van der Waals surface area (Å²) >= 11 is 0. The smallest absolute Gasteiger partial charge is 0.253 e. The average molecular weight is 439 g/mol. The molecular formula is C24H22FNO6. The fraction of sp³-hybridized carbons (Fsp3) is 0.333. The highest BCUT2D eigenvalue weighted by molar-refractivity contribution is 6.10. The van der Waals surface area contributed by atoms with Gasteiger partial charge in [0.25, 0.3) is 5.91 Å². The fourth-order valence-corrected chi connectivity index (χ4v) is 4.70. The van der Waals surface area contributed by atoms with Crippen LogP contribution >= 0.6 is 0 Å². The summed E-state index contributed by atoms with van der Waals surface area (Å²) in [5, 5.41) is 0.645. The second-order valence-electron chi connectivity index (χ2n) is 8.12. The van der Waals surface area contributed by atoms with Gasteiger partial charge in [-0.15, -0.1) is 0 Å². The Kier molecular flexibility index (Phi) is 4.80. The van der Waals surface area contributed by atoms with Gasteiger partial charge in [0.15, 0.2) is 17.1 Å². The first kappa shape index (κ1) is 20.4. The van der Waals surface area contributed by atoms with Crippen molar-refractivity contribution >= 4 is 22.7 Å². The third kappa shape index (κ3) is 3.09. The van der Waals surface area contributed by atoms with Crippen LogP contribution in [0.1, 0.15) is 40.0 Å². The van der Waals surface area contributed by atoms with Gasteiger partial charge in [-0.05, 0) is 24.3 Å². The number of hydrogen-bond acceptors (Lipinski definition) is 6. The van der Waals surface area contributed by atoms with Gasteiger partial charge < -0.3 is 23.5 Å². The van der Waals surface area contributed by atoms with Gasteiger partial charge in [0.1, 0.15) is 22.7 Å². The maximum Gasteiger partial charge on any atom is 0.253 e. The zero-order valence-corrected chi connectivity index (χ0v) is 17.8. The Balaban J connectivity index is 1.45. The number of halogens is 1. The molecule has 0 N–H and O–H groups in total. The van der Waals surface area contributed by atoms with Crippen molar-refractivity contribution in [3.05, 3.63) is 53.5 Å². The summed E-state index contributed by atoms with van der Waals surface area (Å²) in [6.07, 6.45) is 2.60. The van der Waals surface area contributed by atoms with E-state index in [-0.39, 0.29) is 18.1 Å². The lowest BCUT2D eigenvalue weighted by atomic mass is 9.81. The van der Waals surface area contributed by atoms with Crippen molar-refractivity contribution in [3.8, 4) is 17.2 Å². The van der Waals surface area contributed by atoms with Crippen LogP contribution in [0.2, 0.25) is 0 Å². The molecular weight excluding hydrogens is 417 g/mol. The van der Waals surface area contributed by atoms with Gasteiger partial charge in [-0.3, -0.25) is 9.59 Å². The molecule has 0 unspecified atom stereocenters. The molecule has 5 rings (SSSR count). The molecule has 2 aliphatic rings. The Morgan fingerprint density at radius 2 is 1.88 bits per heavy atom. The maximum absolute atomic E-state index is 13.5. The number of ketones is 1. The highest BCUT2D eigenvalue weighted by Crippen LogP contribution is 2.52. The van der Waals surface area contributed by atoms with Crippen molar-refractivity contribution < 1.29 is 32.6 Å². The molecule has 7 nitrogen and oxygen atoms in total. The number of hydrogen-bond donors (Lipinski definition) is 0. The molecule has 2 aliphatic heterocycles. The third-order valence-corrected chi connectivity index (χ3v) is 6.30. The van der Waals surface area contributed by atoms with E-state index in [9.17, 15) is 14.0 Å². The van der Waals surface area contributed by atoms with E-state index in [2.05, 4.69) is 0 Å². The van der Waals surface area contributed by atoms with E-state index in [0.717, 1.165) is 0 Å². The molecule has 2 aromatic carbocycles. The molecule has 1 amide bonds. The van der Waals surface area contributed by atoms with Gasteiger partial charge in [0.2, 0.25) is 5.75 Å². The van der Waals surface area contributed by atoms with Crippen LogP contribution in [0, 0.1) is 5.82 Å². The molecule has 3 heterocycles. The summed E-state index contributed by atoms with van der Waals surface area (Å²) in [5.74, 6) is 0.280. The van der Waals surface area contributed by atoms with Crippen molar-refractivity contribution in [3.63, 3.8) is 0 Å². The number of likely N-dealkylation sites (tertiary alicyclic amines) is 1. The van der Waals surface area contributed by atoms with E-state index >= 15 is 0 Å². The number of fused-ring (bicyclic) bond motifs is 2. The number of amides is 1. The second-order valence-corrected chi connectivity index (χ2v) is 8.12. The van der Waals surface area contributed by atoms with Gasteiger partial charge in [-0.25, -0.2) is 4.39 Å². The van der Waals surface area contributed by atoms with Crippen LogP contribution in [0.5, 0.6) is 17.2 Å². The van der Waals surface area contributed by atoms with Crippen molar-refractivity contribution in [2.45, 2.75) is 24.9 Å². The van der Waals surface area contributed by atoms with Crippen LogP contribution < -0.4 is 14.2 Å². The molecule has 0 aliphatic carbocycles. The number of carbonyl (C=O) groups excluding carboxylic acids is 2. The summed E-state index contributed by atoms with van der Waals surface area (Å²) in [7, 11) is 3.00. The van der Waals surface area contributed by atoms with Crippen LogP contribution in [0.25, 0.3) is 11.0 Å². The monoisotopic (exact) mass is 439 g/mol. The molecule has 0 saturated carbocycles. The minimum absolute atomic E-state index is 0.102. The molecule has 8 heteroatoms. The lowest BCUT2D eigenvalue weighted by Crippen LogP contribution is -2.52. The number of rotatable bonds is 3. The van der Waals surface area contributed by atoms with E-state index in [4.69, 9.17) is 18.6 Å². The molecule has 1 spiro atoms. The van der Waals surface area contributed by atoms with Gasteiger partial charge >= 0.3 is 0 Å². The Morgan fingerprint density at radius 3 is 2.56 bits per heavy atom. The number of methoxy groups -OCH3 is 2. The first-order valence-electron chi connectivity index (χ1n) is 10.4. The average Bonchev–Trinajstić information content (AvgIpc) is 3.27. The summed E-state index contributed by atoms with van der Waals surface area (Å²) in [4.78, 5) is 27.7. The van der Waals surface area contributed by atoms with Crippen LogP contribution in [-0.4, -0.2) is 49.5 Å². The van der Waals surface area contributed by atoms with Crippen molar-refractivity contribution in [1.82, 2.24) is 4.90 Å². The van der Waals surface area contributed by atoms with Crippen LogP contribution in [0.15, 0.2) is 41.0 Å². The SMILES string of the molecule is COc1c2c(c(OC)c3occc13)OC1(CCN(C(=O)c3cccc(F)c3)CC1)CC2=O. The lowest BCUT2D eigenvalue weighted by Gasteiger charge is -2.44. The molecule has 1 fully saturated rings. The predicted molar refractivity (Wildman–Crippen MR) is 113 cm³/mol. The normalized spacial score (nSPS) is 17.2. The molecule has 0 radical (unpaired) electrons. The minimum Gasteiger partial charge on any atom is -0.495 e. The second kappa shape index (κ2) is 7.55. The molecule has 32 heavy (non-hydrogen) atoms. The van der Waals surface area contributed by atoms with Gasteiger partial charge in [0.05, 0.1) is 32.3 Å². The highest BCUT2D eigenvalue weighted by Gasteiger charge is 2.47. The van der Waals surface area contributed by atoms with E-state index < -0.39 is 11.4 Å². The molecule has 166 valence electrons. The van der Waals surface area contributed by atoms with Crippen LogP contribution in [-0.2, 0) is 0 Å². The number of nitrogens with zero attached hydrogens (tertiary/aromatic N) is 1. The number of benzene rings is 2. The van der Waals surface area contributed by atoms with E-state index in [1.807, 2.05) is 0 Å². The molecule has 1 saturated heterocycles. The van der Waals surface area contributed by atoms with Crippen LogP contribution in [0.3, 0.4) is 0 Å². The Hall–Kier alpha value is -3.55. The quantitative estimate of drug-likeness (QED) is 0.608. The van der Waals surface area contributed by atoms with Crippen molar-refractivity contribution in [1.29, 1.82) is 0 Å². The summed E-state index contributed by atoms with van der Waals surface area (Å²) in [6.45, 7) is 0.779. The van der Waals surface area contributed by atoms with E-state index in [0.29, 0.717) is 65.3 Å². The van der Waals surface area contributed by atoms with Crippen molar-refractivity contribution in [2.75, 3.05) is 27.3 Å². The fourth-order valence-electron chi connectivity index (χ4n) is 4.70. The first-order chi connectivity index (χ1) is 15.5. The van der Waals surface area contributed by atoms with E-state index in [1.165, 1.54) is 38.7 Å². The first-order valence-corrected chi connectivity index (χ1v) is 10.4. The topological polar surface area (TPSA) is 78.2 Å².